The van der Waals surface area contributed by atoms with Crippen LogP contribution in [0, 0.1) is 0 Å². The predicted octanol–water partition coefficient (Wildman–Crippen LogP) is 2.58. The summed E-state index contributed by atoms with van der Waals surface area (Å²) in [5, 5.41) is 10.6. The van der Waals surface area contributed by atoms with E-state index in [1.54, 1.807) is 48.5 Å². The van der Waals surface area contributed by atoms with Gasteiger partial charge in [-0.2, -0.15) is 0 Å². The first-order valence-electron chi connectivity index (χ1n) is 7.71. The van der Waals surface area contributed by atoms with Gasteiger partial charge >= 0.3 is 6.03 Å². The quantitative estimate of drug-likeness (QED) is 0.673. The van der Waals surface area contributed by atoms with Gasteiger partial charge in [-0.3, -0.25) is 9.59 Å². The van der Waals surface area contributed by atoms with E-state index >= 15 is 0 Å². The van der Waals surface area contributed by atoms with E-state index in [9.17, 15) is 14.4 Å². The van der Waals surface area contributed by atoms with Crippen LogP contribution in [-0.2, 0) is 16.0 Å². The summed E-state index contributed by atoms with van der Waals surface area (Å²) in [6, 6.07) is 13.6. The monoisotopic (exact) mass is 340 g/mol. The molecule has 0 aliphatic rings. The largest absolute Gasteiger partial charge is 0.341 e. The number of nitrogens with one attached hydrogen (secondary N) is 4. The number of hydrogen-bond acceptors (Lipinski definition) is 3. The lowest BCUT2D eigenvalue weighted by atomic mass is 10.1. The Kier molecular flexibility index (Phi) is 6.11. The molecule has 2 aromatic carbocycles. The molecule has 7 nitrogen and oxygen atoms in total. The number of urea groups is 1. The highest BCUT2D eigenvalue weighted by molar-refractivity contribution is 5.93. The molecule has 4 N–H and O–H groups in total. The average Bonchev–Trinajstić information content (AvgIpc) is 2.58. The van der Waals surface area contributed by atoms with E-state index in [2.05, 4.69) is 21.3 Å². The minimum atomic E-state index is -0.306. The number of rotatable bonds is 5. The molecular formula is C18H20N4O3. The summed E-state index contributed by atoms with van der Waals surface area (Å²) in [6.07, 6.45) is 0.221. The van der Waals surface area contributed by atoms with Gasteiger partial charge in [0.15, 0.2) is 0 Å². The Hall–Kier alpha value is -3.35. The zero-order valence-electron chi connectivity index (χ0n) is 14.1. The van der Waals surface area contributed by atoms with Crippen LogP contribution in [0.2, 0.25) is 0 Å². The third-order valence-electron chi connectivity index (χ3n) is 3.29. The van der Waals surface area contributed by atoms with Crippen LogP contribution in [0.1, 0.15) is 12.5 Å². The van der Waals surface area contributed by atoms with Gasteiger partial charge in [-0.1, -0.05) is 12.1 Å². The highest BCUT2D eigenvalue weighted by Gasteiger charge is 2.05. The number of carbonyl (C=O) groups is 3. The van der Waals surface area contributed by atoms with Crippen molar-refractivity contribution in [2.45, 2.75) is 13.3 Å². The zero-order valence-corrected chi connectivity index (χ0v) is 14.1. The molecule has 2 rings (SSSR count). The number of carbonyl (C=O) groups excluding carboxylic acids is 3. The molecule has 2 aromatic rings. The van der Waals surface area contributed by atoms with Crippen LogP contribution in [0.4, 0.5) is 21.9 Å². The third-order valence-corrected chi connectivity index (χ3v) is 3.29. The molecule has 7 heteroatoms. The Bertz CT molecular complexity index is 755. The first kappa shape index (κ1) is 18.0. The Labute approximate surface area is 145 Å². The van der Waals surface area contributed by atoms with Crippen LogP contribution in [0.5, 0.6) is 0 Å². The topological polar surface area (TPSA) is 99.3 Å². The first-order chi connectivity index (χ1) is 12.0. The summed E-state index contributed by atoms with van der Waals surface area (Å²) < 4.78 is 0. The van der Waals surface area contributed by atoms with Gasteiger partial charge in [0.05, 0.1) is 6.42 Å². The number of amides is 4. The van der Waals surface area contributed by atoms with Gasteiger partial charge in [-0.05, 0) is 42.0 Å². The second kappa shape index (κ2) is 8.49. The van der Waals surface area contributed by atoms with Crippen molar-refractivity contribution in [1.29, 1.82) is 0 Å². The van der Waals surface area contributed by atoms with Gasteiger partial charge in [0, 0.05) is 31.0 Å². The Morgan fingerprint density at radius 2 is 1.24 bits per heavy atom. The van der Waals surface area contributed by atoms with Crippen molar-refractivity contribution in [2.24, 2.45) is 0 Å². The van der Waals surface area contributed by atoms with E-state index in [4.69, 9.17) is 0 Å². The second-order valence-corrected chi connectivity index (χ2v) is 5.38. The van der Waals surface area contributed by atoms with Crippen LogP contribution in [0.15, 0.2) is 48.5 Å². The fraction of sp³-hybridized carbons (Fsp3) is 0.167. The van der Waals surface area contributed by atoms with Crippen LogP contribution < -0.4 is 21.3 Å². The van der Waals surface area contributed by atoms with Crippen molar-refractivity contribution in [2.75, 3.05) is 23.0 Å². The molecule has 25 heavy (non-hydrogen) atoms. The number of hydrogen-bond donors (Lipinski definition) is 4. The maximum Gasteiger partial charge on any atom is 0.318 e. The molecule has 0 saturated heterocycles. The molecular weight excluding hydrogens is 320 g/mol. The molecule has 130 valence electrons. The highest BCUT2D eigenvalue weighted by atomic mass is 16.2. The molecule has 0 unspecified atom stereocenters. The first-order valence-corrected chi connectivity index (χ1v) is 7.71. The molecule has 0 aromatic heterocycles. The number of benzene rings is 2. The van der Waals surface area contributed by atoms with E-state index in [1.165, 1.54) is 14.0 Å². The minimum absolute atomic E-state index is 0.139. The van der Waals surface area contributed by atoms with Gasteiger partial charge < -0.3 is 21.3 Å². The minimum Gasteiger partial charge on any atom is -0.341 e. The van der Waals surface area contributed by atoms with Crippen molar-refractivity contribution >= 4 is 34.9 Å². The van der Waals surface area contributed by atoms with Crippen molar-refractivity contribution in [3.05, 3.63) is 54.1 Å². The molecule has 0 spiro atoms. The van der Waals surface area contributed by atoms with Gasteiger partial charge in [0.2, 0.25) is 11.8 Å². The standard InChI is InChI=1S/C18H20N4O3/c1-12(23)20-14-5-3-13(4-6-14)11-17(24)21-15-7-9-16(10-8-15)22-18(25)19-2/h3-10H,11H2,1-2H3,(H,20,23)(H,21,24)(H2,19,22,25). The molecule has 0 aliphatic carbocycles. The average molecular weight is 340 g/mol. The van der Waals surface area contributed by atoms with E-state index in [-0.39, 0.29) is 24.3 Å². The maximum atomic E-state index is 12.1. The third kappa shape index (κ3) is 5.98. The van der Waals surface area contributed by atoms with Gasteiger partial charge in [-0.15, -0.1) is 0 Å². The molecule has 0 saturated carbocycles. The Morgan fingerprint density at radius 3 is 1.76 bits per heavy atom. The van der Waals surface area contributed by atoms with E-state index in [0.717, 1.165) is 5.56 Å². The second-order valence-electron chi connectivity index (χ2n) is 5.38. The summed E-state index contributed by atoms with van der Waals surface area (Å²) in [7, 11) is 1.53. The van der Waals surface area contributed by atoms with Crippen LogP contribution in [0.3, 0.4) is 0 Å². The summed E-state index contributed by atoms with van der Waals surface area (Å²) in [4.78, 5) is 34.3. The van der Waals surface area contributed by atoms with E-state index < -0.39 is 0 Å². The van der Waals surface area contributed by atoms with Crippen molar-refractivity contribution < 1.29 is 14.4 Å². The summed E-state index contributed by atoms with van der Waals surface area (Å²) >= 11 is 0. The molecule has 0 bridgehead atoms. The lowest BCUT2D eigenvalue weighted by Gasteiger charge is -2.08. The normalized spacial score (nSPS) is 9.84. The SMILES string of the molecule is CNC(=O)Nc1ccc(NC(=O)Cc2ccc(NC(C)=O)cc2)cc1. The maximum absolute atomic E-state index is 12.1. The molecule has 0 heterocycles. The molecule has 4 amide bonds. The molecule has 0 radical (unpaired) electrons. The van der Waals surface area contributed by atoms with Gasteiger partial charge in [0.25, 0.3) is 0 Å². The van der Waals surface area contributed by atoms with E-state index in [1.807, 2.05) is 0 Å². The molecule has 0 atom stereocenters. The summed E-state index contributed by atoms with van der Waals surface area (Å²) in [5.74, 6) is -0.292. The molecule has 0 fully saturated rings. The fourth-order valence-electron chi connectivity index (χ4n) is 2.13. The lowest BCUT2D eigenvalue weighted by Crippen LogP contribution is -2.24. The lowest BCUT2D eigenvalue weighted by molar-refractivity contribution is -0.116. The van der Waals surface area contributed by atoms with Crippen molar-refractivity contribution in [3.8, 4) is 0 Å². The Balaban J connectivity index is 1.89. The highest BCUT2D eigenvalue weighted by Crippen LogP contribution is 2.15. The van der Waals surface area contributed by atoms with Crippen molar-refractivity contribution in [3.63, 3.8) is 0 Å². The van der Waals surface area contributed by atoms with Crippen molar-refractivity contribution in [1.82, 2.24) is 5.32 Å². The van der Waals surface area contributed by atoms with Crippen LogP contribution in [0.25, 0.3) is 0 Å². The van der Waals surface area contributed by atoms with Crippen LogP contribution >= 0.6 is 0 Å². The summed E-state index contributed by atoms with van der Waals surface area (Å²) in [5.41, 5.74) is 2.80. The Morgan fingerprint density at radius 1 is 0.760 bits per heavy atom. The smallest absolute Gasteiger partial charge is 0.318 e. The van der Waals surface area contributed by atoms with Gasteiger partial charge in [-0.25, -0.2) is 4.79 Å². The zero-order chi connectivity index (χ0) is 18.2. The predicted molar refractivity (Wildman–Crippen MR) is 97.6 cm³/mol. The van der Waals surface area contributed by atoms with Gasteiger partial charge in [0.1, 0.15) is 0 Å². The number of anilines is 3. The van der Waals surface area contributed by atoms with Crippen LogP contribution in [-0.4, -0.2) is 24.9 Å². The fourth-order valence-corrected chi connectivity index (χ4v) is 2.13. The molecule has 0 aliphatic heterocycles. The summed E-state index contributed by atoms with van der Waals surface area (Å²) in [6.45, 7) is 1.44. The van der Waals surface area contributed by atoms with E-state index in [0.29, 0.717) is 17.1 Å².